The molecule has 0 spiro atoms. The lowest BCUT2D eigenvalue weighted by Crippen LogP contribution is -2.56. The summed E-state index contributed by atoms with van der Waals surface area (Å²) in [6.45, 7) is 6.19. The first kappa shape index (κ1) is 20.3. The molecule has 0 bridgehead atoms. The predicted octanol–water partition coefficient (Wildman–Crippen LogP) is 4.16. The SMILES string of the molecule is CC(C)(C)OC(=O)N[C@@]1(Cc2ccccc2)CNC[C@@H]1c1cccc(F)c1F. The fourth-order valence-corrected chi connectivity index (χ4v) is 3.78. The molecular formula is C22H26F2N2O2. The molecule has 0 unspecified atom stereocenters. The summed E-state index contributed by atoms with van der Waals surface area (Å²) in [7, 11) is 0. The van der Waals surface area contributed by atoms with E-state index in [9.17, 15) is 13.6 Å². The number of rotatable bonds is 4. The van der Waals surface area contributed by atoms with E-state index in [0.29, 0.717) is 19.5 Å². The zero-order valence-corrected chi connectivity index (χ0v) is 16.4. The highest BCUT2D eigenvalue weighted by molar-refractivity contribution is 5.69. The molecule has 6 heteroatoms. The standard InChI is InChI=1S/C22H26F2N2O2/c1-21(2,3)28-20(27)26-22(12-15-8-5-4-6-9-15)14-25-13-17(22)16-10-7-11-18(23)19(16)24/h4-11,17,25H,12-14H2,1-3H3,(H,26,27)/t17-,22+/m1/s1. The summed E-state index contributed by atoms with van der Waals surface area (Å²) in [5.74, 6) is -2.22. The van der Waals surface area contributed by atoms with Crippen LogP contribution in [0.4, 0.5) is 13.6 Å². The average molecular weight is 388 g/mol. The van der Waals surface area contributed by atoms with Crippen LogP contribution in [0.25, 0.3) is 0 Å². The maximum atomic E-state index is 14.6. The van der Waals surface area contributed by atoms with Gasteiger partial charge in [0.1, 0.15) is 5.60 Å². The summed E-state index contributed by atoms with van der Waals surface area (Å²) in [6, 6.07) is 13.8. The number of nitrogens with one attached hydrogen (secondary N) is 2. The Labute approximate surface area is 164 Å². The second kappa shape index (κ2) is 7.87. The molecule has 2 aromatic carbocycles. The molecule has 1 aliphatic heterocycles. The van der Waals surface area contributed by atoms with Crippen molar-refractivity contribution in [2.45, 2.75) is 44.2 Å². The van der Waals surface area contributed by atoms with Crippen molar-refractivity contribution in [2.24, 2.45) is 0 Å². The predicted molar refractivity (Wildman–Crippen MR) is 104 cm³/mol. The van der Waals surface area contributed by atoms with E-state index in [1.165, 1.54) is 6.07 Å². The largest absolute Gasteiger partial charge is 0.444 e. The van der Waals surface area contributed by atoms with Crippen LogP contribution in [0.1, 0.15) is 37.8 Å². The molecule has 1 amide bonds. The van der Waals surface area contributed by atoms with Crippen molar-refractivity contribution in [2.75, 3.05) is 13.1 Å². The average Bonchev–Trinajstić information content (AvgIpc) is 2.99. The van der Waals surface area contributed by atoms with Gasteiger partial charge in [0, 0.05) is 19.0 Å². The van der Waals surface area contributed by atoms with Gasteiger partial charge >= 0.3 is 6.09 Å². The molecule has 28 heavy (non-hydrogen) atoms. The molecule has 0 radical (unpaired) electrons. The first-order valence-electron chi connectivity index (χ1n) is 9.40. The fourth-order valence-electron chi connectivity index (χ4n) is 3.78. The number of carbonyl (C=O) groups is 1. The fraction of sp³-hybridized carbons (Fsp3) is 0.409. The molecule has 1 heterocycles. The first-order chi connectivity index (χ1) is 13.2. The number of halogens is 2. The number of carbonyl (C=O) groups excluding carboxylic acids is 1. The third kappa shape index (κ3) is 4.50. The van der Waals surface area contributed by atoms with Gasteiger partial charge in [-0.15, -0.1) is 0 Å². The molecular weight excluding hydrogens is 362 g/mol. The van der Waals surface area contributed by atoms with Crippen LogP contribution in [0.2, 0.25) is 0 Å². The molecule has 0 aromatic heterocycles. The summed E-state index contributed by atoms with van der Waals surface area (Å²) in [5, 5.41) is 6.22. The molecule has 2 atom stereocenters. The molecule has 3 rings (SSSR count). The molecule has 2 N–H and O–H groups in total. The second-order valence-electron chi connectivity index (χ2n) is 8.27. The molecule has 0 saturated carbocycles. The van der Waals surface area contributed by atoms with E-state index in [-0.39, 0.29) is 5.56 Å². The number of benzene rings is 2. The minimum atomic E-state index is -0.893. The lowest BCUT2D eigenvalue weighted by molar-refractivity contribution is 0.0453. The molecule has 0 aliphatic carbocycles. The minimum Gasteiger partial charge on any atom is -0.444 e. The van der Waals surface area contributed by atoms with E-state index >= 15 is 0 Å². The van der Waals surface area contributed by atoms with Gasteiger partial charge in [-0.1, -0.05) is 42.5 Å². The Hall–Kier alpha value is -2.47. The summed E-state index contributed by atoms with van der Waals surface area (Å²) in [6.07, 6.45) is -0.116. The second-order valence-corrected chi connectivity index (χ2v) is 8.27. The Morgan fingerprint density at radius 3 is 2.57 bits per heavy atom. The molecule has 150 valence electrons. The minimum absolute atomic E-state index is 0.247. The number of hydrogen-bond donors (Lipinski definition) is 2. The van der Waals surface area contributed by atoms with Crippen LogP contribution in [0.3, 0.4) is 0 Å². The van der Waals surface area contributed by atoms with E-state index < -0.39 is 34.8 Å². The Bertz CT molecular complexity index is 836. The Kier molecular flexibility index (Phi) is 5.70. The van der Waals surface area contributed by atoms with Gasteiger partial charge in [-0.25, -0.2) is 13.6 Å². The van der Waals surface area contributed by atoms with E-state index in [1.807, 2.05) is 30.3 Å². The van der Waals surface area contributed by atoms with Crippen molar-refractivity contribution in [3.05, 3.63) is 71.3 Å². The van der Waals surface area contributed by atoms with Crippen molar-refractivity contribution in [1.82, 2.24) is 10.6 Å². The third-order valence-electron chi connectivity index (χ3n) is 4.93. The van der Waals surface area contributed by atoms with Crippen LogP contribution in [0, 0.1) is 11.6 Å². The molecule has 2 aromatic rings. The summed E-state index contributed by atoms with van der Waals surface area (Å²) in [4.78, 5) is 12.6. The quantitative estimate of drug-likeness (QED) is 0.827. The van der Waals surface area contributed by atoms with Gasteiger partial charge < -0.3 is 15.4 Å². The van der Waals surface area contributed by atoms with Gasteiger partial charge in [-0.05, 0) is 44.4 Å². The first-order valence-corrected chi connectivity index (χ1v) is 9.40. The van der Waals surface area contributed by atoms with Crippen LogP contribution >= 0.6 is 0 Å². The number of ether oxygens (including phenoxy) is 1. The van der Waals surface area contributed by atoms with Crippen molar-refractivity contribution >= 4 is 6.09 Å². The summed E-state index contributed by atoms with van der Waals surface area (Å²) < 4.78 is 33.9. The zero-order valence-electron chi connectivity index (χ0n) is 16.4. The Balaban J connectivity index is 1.99. The highest BCUT2D eigenvalue weighted by Gasteiger charge is 2.47. The van der Waals surface area contributed by atoms with E-state index in [2.05, 4.69) is 10.6 Å². The number of hydrogen-bond acceptors (Lipinski definition) is 3. The van der Waals surface area contributed by atoms with Gasteiger partial charge in [-0.2, -0.15) is 0 Å². The monoisotopic (exact) mass is 388 g/mol. The molecule has 4 nitrogen and oxygen atoms in total. The molecule has 1 saturated heterocycles. The highest BCUT2D eigenvalue weighted by atomic mass is 19.2. The van der Waals surface area contributed by atoms with Crippen LogP contribution in [0.5, 0.6) is 0 Å². The van der Waals surface area contributed by atoms with Crippen molar-refractivity contribution in [3.63, 3.8) is 0 Å². The van der Waals surface area contributed by atoms with E-state index in [1.54, 1.807) is 26.8 Å². The summed E-state index contributed by atoms with van der Waals surface area (Å²) in [5.41, 5.74) is -0.275. The van der Waals surface area contributed by atoms with Crippen LogP contribution in [-0.4, -0.2) is 30.3 Å². The zero-order chi connectivity index (χ0) is 20.4. The highest BCUT2D eigenvalue weighted by Crippen LogP contribution is 2.37. The van der Waals surface area contributed by atoms with Gasteiger partial charge in [0.2, 0.25) is 0 Å². The smallest absolute Gasteiger partial charge is 0.408 e. The Morgan fingerprint density at radius 2 is 1.89 bits per heavy atom. The third-order valence-corrected chi connectivity index (χ3v) is 4.93. The number of alkyl carbamates (subject to hydrolysis) is 1. The Morgan fingerprint density at radius 1 is 1.18 bits per heavy atom. The topological polar surface area (TPSA) is 50.4 Å². The van der Waals surface area contributed by atoms with Crippen molar-refractivity contribution < 1.29 is 18.3 Å². The van der Waals surface area contributed by atoms with Crippen molar-refractivity contribution in [1.29, 1.82) is 0 Å². The summed E-state index contributed by atoms with van der Waals surface area (Å²) >= 11 is 0. The van der Waals surface area contributed by atoms with Gasteiger partial charge in [0.05, 0.1) is 5.54 Å². The molecule has 1 fully saturated rings. The van der Waals surface area contributed by atoms with Crippen LogP contribution in [0.15, 0.2) is 48.5 Å². The van der Waals surface area contributed by atoms with Crippen LogP contribution < -0.4 is 10.6 Å². The maximum absolute atomic E-state index is 14.6. The van der Waals surface area contributed by atoms with E-state index in [0.717, 1.165) is 11.6 Å². The molecule has 1 aliphatic rings. The van der Waals surface area contributed by atoms with Gasteiger partial charge in [0.25, 0.3) is 0 Å². The van der Waals surface area contributed by atoms with Gasteiger partial charge in [-0.3, -0.25) is 0 Å². The lowest BCUT2D eigenvalue weighted by Gasteiger charge is -2.37. The normalized spacial score (nSPS) is 22.1. The maximum Gasteiger partial charge on any atom is 0.408 e. The van der Waals surface area contributed by atoms with Gasteiger partial charge in [0.15, 0.2) is 11.6 Å². The van der Waals surface area contributed by atoms with E-state index in [4.69, 9.17) is 4.74 Å². The van der Waals surface area contributed by atoms with Crippen LogP contribution in [-0.2, 0) is 11.2 Å². The number of amides is 1. The lowest BCUT2D eigenvalue weighted by atomic mass is 9.77. The van der Waals surface area contributed by atoms with Crippen molar-refractivity contribution in [3.8, 4) is 0 Å².